The zero-order valence-corrected chi connectivity index (χ0v) is 13.5. The highest BCUT2D eigenvalue weighted by atomic mass is 16.5. The Morgan fingerprint density at radius 3 is 2.48 bits per heavy atom. The van der Waals surface area contributed by atoms with Crippen LogP contribution < -0.4 is 5.32 Å². The summed E-state index contributed by atoms with van der Waals surface area (Å²) < 4.78 is 5.41. The average Bonchev–Trinajstić information content (AvgIpc) is 2.53. The van der Waals surface area contributed by atoms with E-state index in [0.29, 0.717) is 13.2 Å². The smallest absolute Gasteiger partial charge is 0.311 e. The van der Waals surface area contributed by atoms with Crippen LogP contribution >= 0.6 is 0 Å². The first kappa shape index (κ1) is 18.0. The lowest BCUT2D eigenvalue weighted by atomic mass is 9.94. The minimum Gasteiger partial charge on any atom is -0.381 e. The van der Waals surface area contributed by atoms with Crippen LogP contribution in [-0.2, 0) is 14.3 Å². The van der Waals surface area contributed by atoms with E-state index in [1.807, 2.05) is 0 Å². The van der Waals surface area contributed by atoms with Gasteiger partial charge >= 0.3 is 11.8 Å². The van der Waals surface area contributed by atoms with Gasteiger partial charge in [-0.3, -0.25) is 9.59 Å². The summed E-state index contributed by atoms with van der Waals surface area (Å²) in [7, 11) is 1.74. The van der Waals surface area contributed by atoms with Crippen molar-refractivity contribution in [3.05, 3.63) is 0 Å². The third-order valence-electron chi connectivity index (χ3n) is 4.03. The number of amides is 2. The van der Waals surface area contributed by atoms with E-state index in [4.69, 9.17) is 4.74 Å². The first-order valence-electron chi connectivity index (χ1n) is 8.29. The fourth-order valence-corrected chi connectivity index (χ4v) is 2.59. The number of hydrogen-bond donors (Lipinski definition) is 1. The molecule has 5 nitrogen and oxygen atoms in total. The van der Waals surface area contributed by atoms with Crippen molar-refractivity contribution in [1.82, 2.24) is 10.2 Å². The molecule has 0 atom stereocenters. The van der Waals surface area contributed by atoms with Crippen LogP contribution in [0.25, 0.3) is 0 Å². The molecule has 0 aromatic heterocycles. The molecule has 1 saturated carbocycles. The zero-order chi connectivity index (χ0) is 15.5. The average molecular weight is 298 g/mol. The third-order valence-corrected chi connectivity index (χ3v) is 4.03. The van der Waals surface area contributed by atoms with Gasteiger partial charge in [0.15, 0.2) is 0 Å². The van der Waals surface area contributed by atoms with E-state index in [9.17, 15) is 9.59 Å². The van der Waals surface area contributed by atoms with Gasteiger partial charge in [-0.15, -0.1) is 0 Å². The van der Waals surface area contributed by atoms with Gasteiger partial charge in [-0.1, -0.05) is 32.6 Å². The third kappa shape index (κ3) is 6.93. The second-order valence-corrected chi connectivity index (χ2v) is 5.78. The number of carbonyl (C=O) groups excluding carboxylic acids is 2. The zero-order valence-electron chi connectivity index (χ0n) is 13.5. The molecule has 21 heavy (non-hydrogen) atoms. The lowest BCUT2D eigenvalue weighted by Gasteiger charge is -2.30. The van der Waals surface area contributed by atoms with Gasteiger partial charge in [0.2, 0.25) is 0 Å². The summed E-state index contributed by atoms with van der Waals surface area (Å²) in [6.07, 6.45) is 8.51. The minimum absolute atomic E-state index is 0.231. The van der Waals surface area contributed by atoms with E-state index in [0.717, 1.165) is 51.6 Å². The van der Waals surface area contributed by atoms with Crippen LogP contribution in [0.1, 0.15) is 58.3 Å². The summed E-state index contributed by atoms with van der Waals surface area (Å²) in [5.74, 6) is -0.898. The second-order valence-electron chi connectivity index (χ2n) is 5.78. The molecule has 0 radical (unpaired) electrons. The largest absolute Gasteiger partial charge is 0.381 e. The number of hydrogen-bond acceptors (Lipinski definition) is 3. The Morgan fingerprint density at radius 2 is 1.81 bits per heavy atom. The maximum Gasteiger partial charge on any atom is 0.311 e. The van der Waals surface area contributed by atoms with Crippen LogP contribution in [0.2, 0.25) is 0 Å². The number of carbonyl (C=O) groups is 2. The molecule has 0 aromatic rings. The van der Waals surface area contributed by atoms with Gasteiger partial charge < -0.3 is 15.0 Å². The van der Waals surface area contributed by atoms with Crippen molar-refractivity contribution < 1.29 is 14.3 Å². The highest BCUT2D eigenvalue weighted by Gasteiger charge is 2.26. The molecular formula is C16H30N2O3. The van der Waals surface area contributed by atoms with Crippen LogP contribution in [0.4, 0.5) is 0 Å². The molecular weight excluding hydrogens is 268 g/mol. The van der Waals surface area contributed by atoms with Gasteiger partial charge in [0.25, 0.3) is 0 Å². The Kier molecular flexibility index (Phi) is 9.06. The number of ether oxygens (including phenoxy) is 1. The highest BCUT2D eigenvalue weighted by molar-refractivity contribution is 6.35. The monoisotopic (exact) mass is 298 g/mol. The van der Waals surface area contributed by atoms with E-state index in [1.165, 1.54) is 6.42 Å². The molecule has 1 aliphatic rings. The maximum atomic E-state index is 12.0. The topological polar surface area (TPSA) is 58.6 Å². The molecule has 1 rings (SSSR count). The molecule has 1 N–H and O–H groups in total. The quantitative estimate of drug-likeness (QED) is 0.551. The fourth-order valence-electron chi connectivity index (χ4n) is 2.59. The van der Waals surface area contributed by atoms with E-state index < -0.39 is 11.8 Å². The van der Waals surface area contributed by atoms with Crippen molar-refractivity contribution in [1.29, 1.82) is 0 Å². The number of rotatable bonds is 8. The number of nitrogens with zero attached hydrogens (tertiary/aromatic N) is 1. The summed E-state index contributed by atoms with van der Waals surface area (Å²) in [5.41, 5.74) is 0. The van der Waals surface area contributed by atoms with Crippen LogP contribution in [0.3, 0.4) is 0 Å². The van der Waals surface area contributed by atoms with Crippen molar-refractivity contribution in [3.8, 4) is 0 Å². The second kappa shape index (κ2) is 10.6. The normalized spacial score (nSPS) is 15.7. The lowest BCUT2D eigenvalue weighted by Crippen LogP contribution is -2.46. The van der Waals surface area contributed by atoms with Crippen molar-refractivity contribution in [2.75, 3.05) is 26.8 Å². The van der Waals surface area contributed by atoms with E-state index in [2.05, 4.69) is 12.2 Å². The first-order valence-corrected chi connectivity index (χ1v) is 8.29. The van der Waals surface area contributed by atoms with Crippen molar-refractivity contribution in [2.24, 2.45) is 0 Å². The summed E-state index contributed by atoms with van der Waals surface area (Å²) in [6.45, 7) is 4.02. The van der Waals surface area contributed by atoms with Crippen molar-refractivity contribution in [3.63, 3.8) is 0 Å². The van der Waals surface area contributed by atoms with Gasteiger partial charge in [-0.2, -0.15) is 0 Å². The lowest BCUT2D eigenvalue weighted by molar-refractivity contribution is -0.146. The Morgan fingerprint density at radius 1 is 1.14 bits per heavy atom. The molecule has 2 amide bonds. The Bertz CT molecular complexity index is 315. The highest BCUT2D eigenvalue weighted by Crippen LogP contribution is 2.21. The maximum absolute atomic E-state index is 12.0. The molecule has 0 aromatic carbocycles. The molecule has 0 spiro atoms. The van der Waals surface area contributed by atoms with Crippen molar-refractivity contribution >= 4 is 11.8 Å². The van der Waals surface area contributed by atoms with E-state index in [1.54, 1.807) is 11.9 Å². The van der Waals surface area contributed by atoms with E-state index in [-0.39, 0.29) is 6.04 Å². The Labute approximate surface area is 128 Å². The van der Waals surface area contributed by atoms with Gasteiger partial charge in [-0.25, -0.2) is 0 Å². The number of unbranched alkanes of at least 4 members (excludes halogenated alkanes) is 1. The summed E-state index contributed by atoms with van der Waals surface area (Å²) in [4.78, 5) is 25.5. The standard InChI is InChI=1S/C16H30N2O3/c1-3-4-12-21-13-8-11-17-15(19)16(20)18(2)14-9-6-5-7-10-14/h14H,3-13H2,1-2H3,(H,17,19). The fraction of sp³-hybridized carbons (Fsp3) is 0.875. The molecule has 0 aliphatic heterocycles. The van der Waals surface area contributed by atoms with Crippen LogP contribution in [0, 0.1) is 0 Å². The van der Waals surface area contributed by atoms with Crippen LogP contribution in [0.15, 0.2) is 0 Å². The molecule has 1 fully saturated rings. The molecule has 0 unspecified atom stereocenters. The predicted molar refractivity (Wildman–Crippen MR) is 83.0 cm³/mol. The summed E-state index contributed by atoms with van der Waals surface area (Å²) >= 11 is 0. The van der Waals surface area contributed by atoms with Crippen LogP contribution in [0.5, 0.6) is 0 Å². The van der Waals surface area contributed by atoms with Crippen molar-refractivity contribution in [2.45, 2.75) is 64.3 Å². The molecule has 5 heteroatoms. The molecule has 0 bridgehead atoms. The van der Waals surface area contributed by atoms with Crippen LogP contribution in [-0.4, -0.2) is 49.6 Å². The predicted octanol–water partition coefficient (Wildman–Crippen LogP) is 2.10. The summed E-state index contributed by atoms with van der Waals surface area (Å²) in [5, 5.41) is 2.68. The molecule has 0 heterocycles. The molecule has 0 saturated heterocycles. The minimum atomic E-state index is -0.489. The summed E-state index contributed by atoms with van der Waals surface area (Å²) in [6, 6.07) is 0.231. The number of nitrogens with one attached hydrogen (secondary N) is 1. The molecule has 122 valence electrons. The van der Waals surface area contributed by atoms with Gasteiger partial charge in [-0.05, 0) is 25.7 Å². The molecule has 1 aliphatic carbocycles. The van der Waals surface area contributed by atoms with Gasteiger partial charge in [0.1, 0.15) is 0 Å². The Hall–Kier alpha value is -1.10. The first-order chi connectivity index (χ1) is 10.2. The van der Waals surface area contributed by atoms with Gasteiger partial charge in [0, 0.05) is 32.8 Å². The van der Waals surface area contributed by atoms with E-state index >= 15 is 0 Å². The van der Waals surface area contributed by atoms with Gasteiger partial charge in [0.05, 0.1) is 0 Å². The Balaban J connectivity index is 2.14. The number of likely N-dealkylation sites (N-methyl/N-ethyl adjacent to an activating group) is 1. The SMILES string of the molecule is CCCCOCCCNC(=O)C(=O)N(C)C1CCCCC1.